The maximum atomic E-state index is 12.7. The Kier molecular flexibility index (Phi) is 25.8. The van der Waals surface area contributed by atoms with Gasteiger partial charge in [0.1, 0.15) is 5.52 Å². The van der Waals surface area contributed by atoms with E-state index in [4.69, 9.17) is 58.2 Å². The fourth-order valence-corrected chi connectivity index (χ4v) is 4.88. The van der Waals surface area contributed by atoms with Gasteiger partial charge in [-0.3, -0.25) is 14.5 Å². The van der Waals surface area contributed by atoms with Crippen LogP contribution in [-0.2, 0) is 55.7 Å². The van der Waals surface area contributed by atoms with Crippen LogP contribution in [0.4, 0.5) is 5.82 Å². The molecule has 0 atom stereocenters. The van der Waals surface area contributed by atoms with Crippen LogP contribution in [0.2, 0.25) is 0 Å². The van der Waals surface area contributed by atoms with Crippen molar-refractivity contribution in [3.8, 4) is 6.01 Å². The Hall–Kier alpha value is -3.34. The van der Waals surface area contributed by atoms with Gasteiger partial charge in [0, 0.05) is 19.3 Å². The summed E-state index contributed by atoms with van der Waals surface area (Å²) in [6.07, 6.45) is 3.61. The number of nitrogens with one attached hydrogen (secondary N) is 1. The predicted molar refractivity (Wildman–Crippen MR) is 207 cm³/mol. The molecule has 0 aliphatic rings. The quantitative estimate of drug-likeness (QED) is 0.0691. The minimum absolute atomic E-state index is 0.0188. The highest BCUT2D eigenvalue weighted by Gasteiger charge is 2.15. The van der Waals surface area contributed by atoms with Gasteiger partial charge < -0.3 is 63.2 Å². The number of H-pyrrole nitrogens is 1. The number of nitrogens with two attached hydrogens (primary N) is 1. The van der Waals surface area contributed by atoms with Crippen LogP contribution in [0, 0.1) is 0 Å². The van der Waals surface area contributed by atoms with Crippen LogP contribution in [0.1, 0.15) is 31.0 Å². The molecule has 56 heavy (non-hydrogen) atoms. The number of aromatic amines is 1. The van der Waals surface area contributed by atoms with Crippen molar-refractivity contribution in [3.63, 3.8) is 0 Å². The third-order valence-corrected chi connectivity index (χ3v) is 7.85. The average molecular weight is 798 g/mol. The number of imidazole rings is 1. The molecule has 0 amide bonds. The lowest BCUT2D eigenvalue weighted by Crippen LogP contribution is -2.24. The van der Waals surface area contributed by atoms with Crippen molar-refractivity contribution in [1.82, 2.24) is 29.4 Å². The van der Waals surface area contributed by atoms with E-state index in [1.165, 1.54) is 4.57 Å². The zero-order valence-corrected chi connectivity index (χ0v) is 33.2. The average Bonchev–Trinajstić information content (AvgIpc) is 3.51. The van der Waals surface area contributed by atoms with E-state index in [9.17, 15) is 4.79 Å². The van der Waals surface area contributed by atoms with Gasteiger partial charge in [0.25, 0.3) is 0 Å². The molecule has 0 unspecified atom stereocenters. The number of hydrogen-bond donors (Lipinski definition) is 3. The van der Waals surface area contributed by atoms with Crippen LogP contribution in [0.15, 0.2) is 23.1 Å². The summed E-state index contributed by atoms with van der Waals surface area (Å²) in [5.74, 6) is 0.170. The number of pyridine rings is 1. The first-order valence-electron chi connectivity index (χ1n) is 19.3. The molecule has 0 saturated heterocycles. The van der Waals surface area contributed by atoms with Crippen molar-refractivity contribution in [3.05, 3.63) is 40.1 Å². The topological polar surface area (TPSA) is 218 Å². The minimum Gasteiger partial charge on any atom is -0.463 e. The lowest BCUT2D eigenvalue weighted by Gasteiger charge is -2.16. The van der Waals surface area contributed by atoms with Gasteiger partial charge in [0.15, 0.2) is 11.5 Å². The number of rotatable bonds is 37. The van der Waals surface area contributed by atoms with Gasteiger partial charge in [0.2, 0.25) is 0 Å². The fraction of sp³-hybridized carbons (Fsp3) is 0.730. The molecular formula is C37H63N7O12. The summed E-state index contributed by atoms with van der Waals surface area (Å²) >= 11 is 0. The molecule has 4 N–H and O–H groups in total. The summed E-state index contributed by atoms with van der Waals surface area (Å²) in [5.41, 5.74) is 8.27. The standard InChI is InChI=1S/C37H63N7O12/c1-3-4-9-56-36-41-34(38)33-35(42-36)44(37(46)40-33)29-31-5-6-32(39-28-31)30-43(2)7-10-47-12-14-49-16-18-51-20-22-53-24-26-55-27-25-54-23-21-52-19-17-50-15-13-48-11-8-45/h5-6,28,45H,3-4,7-27,29-30H2,1-2H3,(H,40,46)(H2,38,41,42). The second kappa shape index (κ2) is 30.8. The summed E-state index contributed by atoms with van der Waals surface area (Å²) in [6.45, 7) is 12.9. The molecule has 318 valence electrons. The van der Waals surface area contributed by atoms with Crippen molar-refractivity contribution in [2.24, 2.45) is 0 Å². The molecule has 3 heterocycles. The van der Waals surface area contributed by atoms with Crippen LogP contribution < -0.4 is 16.2 Å². The number of aliphatic hydroxyl groups excluding tert-OH is 1. The number of aliphatic hydroxyl groups is 1. The molecule has 19 heteroatoms. The van der Waals surface area contributed by atoms with Gasteiger partial charge in [-0.1, -0.05) is 19.4 Å². The number of unbranched alkanes of at least 4 members (excludes halogenated alkanes) is 1. The highest BCUT2D eigenvalue weighted by atomic mass is 16.6. The first-order chi connectivity index (χ1) is 27.5. The maximum Gasteiger partial charge on any atom is 0.328 e. The number of aromatic nitrogens is 5. The molecule has 0 aromatic carbocycles. The van der Waals surface area contributed by atoms with Crippen molar-refractivity contribution in [2.75, 3.05) is 151 Å². The Balaban J connectivity index is 1.09. The van der Waals surface area contributed by atoms with E-state index in [1.54, 1.807) is 6.20 Å². The fourth-order valence-electron chi connectivity index (χ4n) is 4.88. The molecule has 0 aliphatic carbocycles. The SMILES string of the molecule is CCCCOc1nc(N)c2[nH]c(=O)n(Cc3ccc(CN(C)CCOCCOCCOCCOCCOCCOCCOCCOCCOCCO)nc3)c2n1. The summed E-state index contributed by atoms with van der Waals surface area (Å²) in [6, 6.07) is 4.06. The number of fused-ring (bicyclic) bond motifs is 1. The first-order valence-corrected chi connectivity index (χ1v) is 19.3. The molecular weight excluding hydrogens is 734 g/mol. The smallest absolute Gasteiger partial charge is 0.328 e. The van der Waals surface area contributed by atoms with Crippen molar-refractivity contribution in [1.29, 1.82) is 0 Å². The molecule has 3 rings (SSSR count). The third kappa shape index (κ3) is 20.7. The second-order valence-electron chi connectivity index (χ2n) is 12.4. The molecule has 3 aromatic rings. The molecule has 19 nitrogen and oxygen atoms in total. The molecule has 0 saturated carbocycles. The molecule has 3 aromatic heterocycles. The predicted octanol–water partition coefficient (Wildman–Crippen LogP) is 0.898. The van der Waals surface area contributed by atoms with Crippen molar-refractivity contribution >= 4 is 17.0 Å². The first kappa shape index (κ1) is 47.0. The lowest BCUT2D eigenvalue weighted by molar-refractivity contribution is -0.0257. The van der Waals surface area contributed by atoms with E-state index in [0.717, 1.165) is 30.6 Å². The van der Waals surface area contributed by atoms with E-state index in [1.807, 2.05) is 19.2 Å². The number of likely N-dealkylation sites (N-methyl/N-ethyl adjacent to an activating group) is 1. The van der Waals surface area contributed by atoms with Gasteiger partial charge in [-0.15, -0.1) is 0 Å². The maximum absolute atomic E-state index is 12.7. The van der Waals surface area contributed by atoms with E-state index < -0.39 is 0 Å². The van der Waals surface area contributed by atoms with Gasteiger partial charge in [-0.2, -0.15) is 9.97 Å². The van der Waals surface area contributed by atoms with Gasteiger partial charge in [-0.25, -0.2) is 4.79 Å². The molecule has 0 spiro atoms. The van der Waals surface area contributed by atoms with Gasteiger partial charge in [0.05, 0.1) is 144 Å². The largest absolute Gasteiger partial charge is 0.463 e. The summed E-state index contributed by atoms with van der Waals surface area (Å²) in [7, 11) is 2.01. The number of nitrogen functional groups attached to an aromatic ring is 1. The summed E-state index contributed by atoms with van der Waals surface area (Å²) < 4.78 is 56.2. The summed E-state index contributed by atoms with van der Waals surface area (Å²) in [4.78, 5) is 30.8. The van der Waals surface area contributed by atoms with Crippen LogP contribution >= 0.6 is 0 Å². The molecule has 0 bridgehead atoms. The Labute approximate surface area is 329 Å². The van der Waals surface area contributed by atoms with Crippen LogP contribution in [0.5, 0.6) is 6.01 Å². The van der Waals surface area contributed by atoms with Crippen LogP contribution in [-0.4, -0.2) is 180 Å². The number of hydrogen-bond acceptors (Lipinski definition) is 17. The van der Waals surface area contributed by atoms with E-state index in [0.29, 0.717) is 143 Å². The monoisotopic (exact) mass is 797 g/mol. The van der Waals surface area contributed by atoms with E-state index in [2.05, 4.69) is 31.8 Å². The zero-order chi connectivity index (χ0) is 39.9. The third-order valence-electron chi connectivity index (χ3n) is 7.85. The number of ether oxygens (including phenoxy) is 10. The van der Waals surface area contributed by atoms with E-state index in [-0.39, 0.29) is 30.7 Å². The highest BCUT2D eigenvalue weighted by Crippen LogP contribution is 2.19. The molecule has 0 aliphatic heterocycles. The Morgan fingerprint density at radius 3 is 1.68 bits per heavy atom. The normalized spacial score (nSPS) is 11.7. The lowest BCUT2D eigenvalue weighted by atomic mass is 10.2. The summed E-state index contributed by atoms with van der Waals surface area (Å²) in [5, 5.41) is 8.60. The van der Waals surface area contributed by atoms with Gasteiger partial charge in [-0.05, 0) is 25.1 Å². The zero-order valence-electron chi connectivity index (χ0n) is 33.2. The molecule has 0 fully saturated rings. The van der Waals surface area contributed by atoms with Crippen LogP contribution in [0.3, 0.4) is 0 Å². The van der Waals surface area contributed by atoms with E-state index >= 15 is 0 Å². The second-order valence-corrected chi connectivity index (χ2v) is 12.4. The van der Waals surface area contributed by atoms with Crippen molar-refractivity contribution < 1.29 is 52.5 Å². The Morgan fingerprint density at radius 1 is 0.714 bits per heavy atom. The number of anilines is 1. The highest BCUT2D eigenvalue weighted by molar-refractivity contribution is 5.81. The Bertz CT molecular complexity index is 1460. The Morgan fingerprint density at radius 2 is 1.21 bits per heavy atom. The van der Waals surface area contributed by atoms with Crippen LogP contribution in [0.25, 0.3) is 11.2 Å². The minimum atomic E-state index is -0.329. The van der Waals surface area contributed by atoms with Gasteiger partial charge >= 0.3 is 11.7 Å². The van der Waals surface area contributed by atoms with Crippen molar-refractivity contribution in [2.45, 2.75) is 32.9 Å². The molecule has 0 radical (unpaired) electrons. The number of nitrogens with zero attached hydrogens (tertiary/aromatic N) is 5.